The fourth-order valence-electron chi connectivity index (χ4n) is 7.16. The molecule has 8 aromatic rings. The fraction of sp³-hybridized carbons (Fsp3) is 0.0500. The van der Waals surface area contributed by atoms with E-state index < -0.39 is 0 Å². The molecule has 9 rings (SSSR count). The van der Waals surface area contributed by atoms with Crippen molar-refractivity contribution in [2.45, 2.75) is 12.3 Å². The maximum absolute atomic E-state index is 2.50. The number of aromatic nitrogens is 2. The summed E-state index contributed by atoms with van der Waals surface area (Å²) in [6.07, 6.45) is 8.12. The molecule has 0 saturated heterocycles. The molecule has 0 N–H and O–H groups in total. The second-order valence-corrected chi connectivity index (χ2v) is 11.3. The molecule has 42 heavy (non-hydrogen) atoms. The van der Waals surface area contributed by atoms with Crippen LogP contribution in [0, 0.1) is 0 Å². The summed E-state index contributed by atoms with van der Waals surface area (Å²) in [5, 5.41) is 7.66. The van der Waals surface area contributed by atoms with Gasteiger partial charge in [0, 0.05) is 38.5 Å². The number of rotatable bonds is 3. The minimum absolute atomic E-state index is 0.399. The van der Waals surface area contributed by atoms with Crippen LogP contribution in [0.2, 0.25) is 0 Å². The van der Waals surface area contributed by atoms with E-state index in [9.17, 15) is 0 Å². The molecule has 2 aromatic heterocycles. The van der Waals surface area contributed by atoms with Crippen molar-refractivity contribution in [3.8, 4) is 5.69 Å². The number of para-hydroxylation sites is 2. The van der Waals surface area contributed by atoms with Crippen LogP contribution in [0.3, 0.4) is 0 Å². The van der Waals surface area contributed by atoms with Crippen molar-refractivity contribution in [3.05, 3.63) is 157 Å². The molecule has 6 aromatic carbocycles. The zero-order chi connectivity index (χ0) is 27.6. The molecule has 198 valence electrons. The van der Waals surface area contributed by atoms with Gasteiger partial charge in [0.05, 0.1) is 27.8 Å². The topological polar surface area (TPSA) is 9.86 Å². The van der Waals surface area contributed by atoms with E-state index in [-0.39, 0.29) is 0 Å². The molecular weight excluding hydrogens is 508 g/mol. The summed E-state index contributed by atoms with van der Waals surface area (Å²) in [5.74, 6) is 0.399. The van der Waals surface area contributed by atoms with Crippen molar-refractivity contribution in [1.82, 2.24) is 9.13 Å². The number of allylic oxidation sites excluding steroid dienone is 4. The Morgan fingerprint density at radius 3 is 2.00 bits per heavy atom. The van der Waals surface area contributed by atoms with Gasteiger partial charge in [0.1, 0.15) is 0 Å². The van der Waals surface area contributed by atoms with Crippen LogP contribution in [-0.4, -0.2) is 9.13 Å². The van der Waals surface area contributed by atoms with Crippen LogP contribution in [0.25, 0.3) is 65.8 Å². The van der Waals surface area contributed by atoms with Gasteiger partial charge in [-0.3, -0.25) is 0 Å². The van der Waals surface area contributed by atoms with Gasteiger partial charge >= 0.3 is 0 Å². The lowest BCUT2D eigenvalue weighted by Gasteiger charge is -2.19. The van der Waals surface area contributed by atoms with E-state index in [4.69, 9.17) is 0 Å². The Balaban J connectivity index is 1.37. The van der Waals surface area contributed by atoms with E-state index in [1.807, 2.05) is 0 Å². The van der Waals surface area contributed by atoms with Crippen molar-refractivity contribution in [2.75, 3.05) is 0 Å². The van der Waals surface area contributed by atoms with Crippen molar-refractivity contribution in [2.24, 2.45) is 0 Å². The number of hydrogen-bond donors (Lipinski definition) is 0. The first-order valence-corrected chi connectivity index (χ1v) is 14.7. The number of nitrogens with zero attached hydrogens (tertiary/aromatic N) is 2. The summed E-state index contributed by atoms with van der Waals surface area (Å²) in [7, 11) is 0. The Bertz CT molecular complexity index is 2380. The maximum Gasteiger partial charge on any atom is 0.0641 e. The Morgan fingerprint density at radius 1 is 0.500 bits per heavy atom. The summed E-state index contributed by atoms with van der Waals surface area (Å²) in [6.45, 7) is 0. The van der Waals surface area contributed by atoms with Crippen LogP contribution in [0.5, 0.6) is 0 Å². The minimum Gasteiger partial charge on any atom is -0.309 e. The fourth-order valence-corrected chi connectivity index (χ4v) is 7.16. The Kier molecular flexibility index (Phi) is 5.06. The van der Waals surface area contributed by atoms with Crippen LogP contribution in [0.15, 0.2) is 152 Å². The van der Waals surface area contributed by atoms with Crippen LogP contribution >= 0.6 is 0 Å². The highest BCUT2D eigenvalue weighted by Gasteiger charge is 2.22. The van der Waals surface area contributed by atoms with Crippen LogP contribution in [0.1, 0.15) is 17.9 Å². The van der Waals surface area contributed by atoms with Gasteiger partial charge in [-0.2, -0.15) is 0 Å². The molecule has 1 atom stereocenters. The molecular formula is C40H28N2. The first-order chi connectivity index (χ1) is 20.9. The number of fused-ring (bicyclic) bond motifs is 8. The highest BCUT2D eigenvalue weighted by atomic mass is 15.0. The summed E-state index contributed by atoms with van der Waals surface area (Å²) in [4.78, 5) is 0. The first kappa shape index (κ1) is 23.4. The highest BCUT2D eigenvalue weighted by molar-refractivity contribution is 6.26. The van der Waals surface area contributed by atoms with E-state index in [0.29, 0.717) is 5.92 Å². The average molecular weight is 537 g/mol. The third-order valence-corrected chi connectivity index (χ3v) is 9.04. The lowest BCUT2D eigenvalue weighted by molar-refractivity contribution is 0.850. The van der Waals surface area contributed by atoms with Crippen molar-refractivity contribution >= 4 is 60.1 Å². The molecule has 0 radical (unpaired) electrons. The lowest BCUT2D eigenvalue weighted by Crippen LogP contribution is -2.03. The second-order valence-electron chi connectivity index (χ2n) is 11.3. The van der Waals surface area contributed by atoms with Gasteiger partial charge in [-0.05, 0) is 47.7 Å². The molecule has 0 amide bonds. The van der Waals surface area contributed by atoms with E-state index >= 15 is 0 Å². The van der Waals surface area contributed by atoms with Crippen LogP contribution in [0.4, 0.5) is 0 Å². The standard InChI is InChI=1S/C40H28N2/c1-2-11-27(12-3-1)28-21-23-30(24-22-28)41-36-18-8-6-16-32(36)33-25-26-38-39(40(33)41)34-17-7-9-19-37(34)42(38)35-20-10-14-29-13-4-5-15-31(29)35/h1-21,23-26,28H,22H2. The zero-order valence-corrected chi connectivity index (χ0v) is 23.1. The van der Waals surface area contributed by atoms with Crippen molar-refractivity contribution in [1.29, 1.82) is 0 Å². The maximum atomic E-state index is 2.50. The molecule has 1 aliphatic rings. The van der Waals surface area contributed by atoms with Gasteiger partial charge in [-0.25, -0.2) is 0 Å². The predicted molar refractivity (Wildman–Crippen MR) is 179 cm³/mol. The first-order valence-electron chi connectivity index (χ1n) is 14.7. The van der Waals surface area contributed by atoms with E-state index in [1.165, 1.54) is 71.3 Å². The normalized spacial score (nSPS) is 15.3. The molecule has 0 bridgehead atoms. The zero-order valence-electron chi connectivity index (χ0n) is 23.1. The average Bonchev–Trinajstić information content (AvgIpc) is 3.58. The van der Waals surface area contributed by atoms with Crippen molar-refractivity contribution in [3.63, 3.8) is 0 Å². The summed E-state index contributed by atoms with van der Waals surface area (Å²) in [5.41, 5.74) is 8.80. The molecule has 0 saturated carbocycles. The molecule has 1 aliphatic carbocycles. The number of benzene rings is 6. The van der Waals surface area contributed by atoms with Gasteiger partial charge in [0.2, 0.25) is 0 Å². The molecule has 0 spiro atoms. The largest absolute Gasteiger partial charge is 0.309 e. The highest BCUT2D eigenvalue weighted by Crippen LogP contribution is 2.43. The third-order valence-electron chi connectivity index (χ3n) is 9.04. The number of hydrogen-bond acceptors (Lipinski definition) is 0. The molecule has 0 aliphatic heterocycles. The van der Waals surface area contributed by atoms with E-state index in [2.05, 4.69) is 161 Å². The summed E-state index contributed by atoms with van der Waals surface area (Å²) < 4.78 is 4.97. The van der Waals surface area contributed by atoms with Gasteiger partial charge in [-0.1, -0.05) is 121 Å². The molecule has 2 heterocycles. The molecule has 2 nitrogen and oxygen atoms in total. The van der Waals surface area contributed by atoms with Gasteiger partial charge in [0.15, 0.2) is 0 Å². The lowest BCUT2D eigenvalue weighted by atomic mass is 9.92. The molecule has 2 heteroatoms. The van der Waals surface area contributed by atoms with Crippen molar-refractivity contribution < 1.29 is 0 Å². The SMILES string of the molecule is C1=CC(c2ccccc2)CC=C1n1c2ccccc2c2ccc3c(c4ccccc4n3-c3cccc4ccccc34)c21. The van der Waals surface area contributed by atoms with E-state index in [1.54, 1.807) is 0 Å². The Labute approximate surface area is 244 Å². The van der Waals surface area contributed by atoms with Gasteiger partial charge < -0.3 is 9.13 Å². The van der Waals surface area contributed by atoms with Gasteiger partial charge in [0.25, 0.3) is 0 Å². The second kappa shape index (κ2) is 9.09. The summed E-state index contributed by atoms with van der Waals surface area (Å²) >= 11 is 0. The van der Waals surface area contributed by atoms with Crippen LogP contribution < -0.4 is 0 Å². The Hall–Kier alpha value is -5.34. The quantitative estimate of drug-likeness (QED) is 0.213. The third kappa shape index (κ3) is 3.33. The smallest absolute Gasteiger partial charge is 0.0641 e. The van der Waals surface area contributed by atoms with E-state index in [0.717, 1.165) is 6.42 Å². The predicted octanol–water partition coefficient (Wildman–Crippen LogP) is 10.6. The minimum atomic E-state index is 0.399. The monoisotopic (exact) mass is 536 g/mol. The van der Waals surface area contributed by atoms with Gasteiger partial charge in [-0.15, -0.1) is 0 Å². The van der Waals surface area contributed by atoms with Crippen LogP contribution in [-0.2, 0) is 0 Å². The Morgan fingerprint density at radius 2 is 1.19 bits per heavy atom. The molecule has 0 fully saturated rings. The molecule has 1 unspecified atom stereocenters. The summed E-state index contributed by atoms with van der Waals surface area (Å²) in [6, 6.07) is 48.6.